The average Bonchev–Trinajstić information content (AvgIpc) is 3.08. The number of imidazole rings is 1. The lowest BCUT2D eigenvalue weighted by atomic mass is 9.93. The van der Waals surface area contributed by atoms with Crippen molar-refractivity contribution < 1.29 is 4.74 Å². The van der Waals surface area contributed by atoms with Crippen molar-refractivity contribution >= 4 is 27.8 Å². The number of nitrogens with one attached hydrogen (secondary N) is 1. The van der Waals surface area contributed by atoms with E-state index in [9.17, 15) is 0 Å². The van der Waals surface area contributed by atoms with Crippen molar-refractivity contribution in [1.29, 1.82) is 0 Å². The van der Waals surface area contributed by atoms with E-state index in [1.54, 1.807) is 6.33 Å². The second kappa shape index (κ2) is 7.59. The van der Waals surface area contributed by atoms with Gasteiger partial charge in [-0.15, -0.1) is 0 Å². The molecule has 3 rings (SSSR count). The molecule has 6 nitrogen and oxygen atoms in total. The zero-order valence-corrected chi connectivity index (χ0v) is 14.1. The van der Waals surface area contributed by atoms with E-state index in [4.69, 9.17) is 16.2 Å². The molecule has 0 radical (unpaired) electrons. The van der Waals surface area contributed by atoms with Gasteiger partial charge in [-0.05, 0) is 37.4 Å². The molecule has 0 aliphatic heterocycles. The molecule has 0 aliphatic rings. The van der Waals surface area contributed by atoms with Gasteiger partial charge in [0.05, 0.1) is 18.5 Å². The van der Waals surface area contributed by atoms with Crippen LogP contribution in [0.3, 0.4) is 0 Å². The first-order valence-corrected chi connectivity index (χ1v) is 8.55. The summed E-state index contributed by atoms with van der Waals surface area (Å²) in [6.45, 7) is 4.34. The van der Waals surface area contributed by atoms with Gasteiger partial charge in [0.1, 0.15) is 16.9 Å². The monoisotopic (exact) mass is 327 g/mol. The third-order valence-electron chi connectivity index (χ3n) is 4.44. The van der Waals surface area contributed by atoms with Gasteiger partial charge in [-0.2, -0.15) is 0 Å². The van der Waals surface area contributed by atoms with Crippen LogP contribution in [0.1, 0.15) is 37.7 Å². The zero-order chi connectivity index (χ0) is 16.9. The highest BCUT2D eigenvalue weighted by atomic mass is 16.5. The number of ether oxygens (including phenoxy) is 1. The summed E-state index contributed by atoms with van der Waals surface area (Å²) in [4.78, 5) is 12.1. The number of hydrogen-bond donors (Lipinski definition) is 3. The molecule has 0 aliphatic carbocycles. The Kier molecular flexibility index (Phi) is 5.27. The van der Waals surface area contributed by atoms with E-state index in [0.717, 1.165) is 47.8 Å². The number of rotatable bonds is 8. The van der Waals surface area contributed by atoms with E-state index in [-0.39, 0.29) is 0 Å². The molecule has 3 aromatic rings. The second-order valence-electron chi connectivity index (χ2n) is 6.04. The van der Waals surface area contributed by atoms with Crippen LogP contribution in [0.2, 0.25) is 0 Å². The zero-order valence-electron chi connectivity index (χ0n) is 14.1. The summed E-state index contributed by atoms with van der Waals surface area (Å²) in [5.74, 6) is 0.787. The van der Waals surface area contributed by atoms with Crippen molar-refractivity contribution in [3.05, 3.63) is 30.1 Å². The molecular formula is C18H25N5O. The van der Waals surface area contributed by atoms with Gasteiger partial charge < -0.3 is 21.2 Å². The van der Waals surface area contributed by atoms with Gasteiger partial charge in [-0.3, -0.25) is 0 Å². The average molecular weight is 327 g/mol. The topological polar surface area (TPSA) is 103 Å². The van der Waals surface area contributed by atoms with Crippen molar-refractivity contribution in [2.24, 2.45) is 5.73 Å². The number of aromatic nitrogens is 3. The van der Waals surface area contributed by atoms with Crippen molar-refractivity contribution in [3.63, 3.8) is 0 Å². The van der Waals surface area contributed by atoms with Crippen molar-refractivity contribution in [2.75, 3.05) is 25.5 Å². The van der Waals surface area contributed by atoms with Gasteiger partial charge in [0.25, 0.3) is 0 Å². The Balaban J connectivity index is 1.94. The van der Waals surface area contributed by atoms with E-state index in [1.165, 1.54) is 5.56 Å². The molecule has 1 unspecified atom stereocenters. The third-order valence-corrected chi connectivity index (χ3v) is 4.44. The molecule has 24 heavy (non-hydrogen) atoms. The van der Waals surface area contributed by atoms with Crippen LogP contribution in [-0.2, 0) is 4.74 Å². The maximum Gasteiger partial charge on any atom is 0.150 e. The Morgan fingerprint density at radius 1 is 1.29 bits per heavy atom. The third kappa shape index (κ3) is 3.20. The van der Waals surface area contributed by atoms with E-state index < -0.39 is 0 Å². The molecule has 0 spiro atoms. The number of nitrogens with two attached hydrogens (primary N) is 2. The van der Waals surface area contributed by atoms with Gasteiger partial charge in [0, 0.05) is 17.9 Å². The maximum absolute atomic E-state index is 6.03. The van der Waals surface area contributed by atoms with Crippen molar-refractivity contribution in [1.82, 2.24) is 15.0 Å². The Labute approximate surface area is 141 Å². The summed E-state index contributed by atoms with van der Waals surface area (Å²) in [5.41, 5.74) is 15.3. The molecule has 0 fully saturated rings. The number of fused-ring (bicyclic) bond motifs is 3. The minimum atomic E-state index is 0.303. The molecule has 0 amide bonds. The minimum Gasteiger partial charge on any atom is -0.382 e. The van der Waals surface area contributed by atoms with Gasteiger partial charge in [-0.1, -0.05) is 19.1 Å². The van der Waals surface area contributed by atoms with Crippen LogP contribution in [0.4, 0.5) is 5.82 Å². The normalized spacial score (nSPS) is 12.9. The number of pyridine rings is 1. The molecule has 2 aromatic heterocycles. The predicted octanol–water partition coefficient (Wildman–Crippen LogP) is 2.94. The molecule has 128 valence electrons. The van der Waals surface area contributed by atoms with Gasteiger partial charge in [-0.25, -0.2) is 9.97 Å². The van der Waals surface area contributed by atoms with Crippen LogP contribution >= 0.6 is 0 Å². The molecule has 1 aromatic carbocycles. The maximum atomic E-state index is 6.03. The van der Waals surface area contributed by atoms with Crippen molar-refractivity contribution in [2.45, 2.75) is 32.1 Å². The lowest BCUT2D eigenvalue weighted by Gasteiger charge is -2.18. The molecule has 6 heteroatoms. The number of aromatic amines is 1. The summed E-state index contributed by atoms with van der Waals surface area (Å²) in [7, 11) is 0. The number of anilines is 1. The lowest BCUT2D eigenvalue weighted by Crippen LogP contribution is -2.10. The molecule has 0 saturated carbocycles. The highest BCUT2D eigenvalue weighted by Gasteiger charge is 2.17. The largest absolute Gasteiger partial charge is 0.382 e. The summed E-state index contributed by atoms with van der Waals surface area (Å²) < 4.78 is 5.88. The van der Waals surface area contributed by atoms with Crippen LogP contribution in [0.25, 0.3) is 21.9 Å². The number of nitrogen functional groups attached to an aromatic ring is 1. The van der Waals surface area contributed by atoms with Crippen LogP contribution in [-0.4, -0.2) is 34.7 Å². The van der Waals surface area contributed by atoms with Crippen LogP contribution in [0.5, 0.6) is 0 Å². The standard InChI is InChI=1S/C18H25N5O/c1-2-12(10-24-9-4-3-8-19)13-6-5-7-14-15(13)16-17(18(20)23-14)22-11-21-16/h5-7,11-12H,2-4,8-10,19H2,1H3,(H2,20,23)(H,21,22). The molecule has 0 bridgehead atoms. The molecule has 2 heterocycles. The van der Waals surface area contributed by atoms with Crippen LogP contribution in [0, 0.1) is 0 Å². The number of nitrogens with zero attached hydrogens (tertiary/aromatic N) is 2. The Morgan fingerprint density at radius 3 is 2.96 bits per heavy atom. The predicted molar refractivity (Wildman–Crippen MR) is 97.9 cm³/mol. The summed E-state index contributed by atoms with van der Waals surface area (Å²) in [5, 5.41) is 1.07. The first-order chi connectivity index (χ1) is 11.8. The molecule has 5 N–H and O–H groups in total. The smallest absolute Gasteiger partial charge is 0.150 e. The Bertz CT molecular complexity index is 814. The Hall–Kier alpha value is -2.18. The first kappa shape index (κ1) is 16.7. The van der Waals surface area contributed by atoms with E-state index in [0.29, 0.717) is 24.9 Å². The quantitative estimate of drug-likeness (QED) is 0.552. The van der Waals surface area contributed by atoms with Crippen molar-refractivity contribution in [3.8, 4) is 0 Å². The molecule has 1 atom stereocenters. The van der Waals surface area contributed by atoms with Gasteiger partial charge in [0.2, 0.25) is 0 Å². The lowest BCUT2D eigenvalue weighted by molar-refractivity contribution is 0.116. The fourth-order valence-corrected chi connectivity index (χ4v) is 3.12. The fourth-order valence-electron chi connectivity index (χ4n) is 3.12. The Morgan fingerprint density at radius 2 is 2.17 bits per heavy atom. The van der Waals surface area contributed by atoms with E-state index in [1.807, 2.05) is 12.1 Å². The molecular weight excluding hydrogens is 302 g/mol. The molecule has 0 saturated heterocycles. The number of H-pyrrole nitrogens is 1. The van der Waals surface area contributed by atoms with Crippen LogP contribution < -0.4 is 11.5 Å². The summed E-state index contributed by atoms with van der Waals surface area (Å²) in [6.07, 6.45) is 4.67. The number of hydrogen-bond acceptors (Lipinski definition) is 5. The van der Waals surface area contributed by atoms with E-state index in [2.05, 4.69) is 27.9 Å². The highest BCUT2D eigenvalue weighted by molar-refractivity contribution is 6.07. The first-order valence-electron chi connectivity index (χ1n) is 8.55. The van der Waals surface area contributed by atoms with E-state index >= 15 is 0 Å². The number of unbranched alkanes of at least 4 members (excludes halogenated alkanes) is 1. The SMILES string of the molecule is CCC(COCCCCN)c1cccc2nc(N)c3[nH]cnc3c12. The fraction of sp³-hybridized carbons (Fsp3) is 0.444. The van der Waals surface area contributed by atoms with Gasteiger partial charge >= 0.3 is 0 Å². The summed E-state index contributed by atoms with van der Waals surface area (Å²) in [6, 6.07) is 6.16. The highest BCUT2D eigenvalue weighted by Crippen LogP contribution is 2.33. The number of benzene rings is 1. The summed E-state index contributed by atoms with van der Waals surface area (Å²) >= 11 is 0. The second-order valence-corrected chi connectivity index (χ2v) is 6.04. The van der Waals surface area contributed by atoms with Crippen LogP contribution in [0.15, 0.2) is 24.5 Å². The minimum absolute atomic E-state index is 0.303. The van der Waals surface area contributed by atoms with Gasteiger partial charge in [0.15, 0.2) is 0 Å².